The lowest BCUT2D eigenvalue weighted by Crippen LogP contribution is -2.54. The number of alkyl carbamates (subject to hydrolysis) is 1. The maximum Gasteiger partial charge on any atom is 0.408 e. The quantitative estimate of drug-likeness (QED) is 0.305. The number of hydrogen-bond donors (Lipinski definition) is 4. The molecule has 4 amide bonds. The van der Waals surface area contributed by atoms with Crippen molar-refractivity contribution in [2.45, 2.75) is 83.4 Å². The van der Waals surface area contributed by atoms with E-state index in [1.165, 1.54) is 0 Å². The molecule has 1 aliphatic heterocycles. The first-order valence-electron chi connectivity index (χ1n) is 13.6. The van der Waals surface area contributed by atoms with Crippen LogP contribution in [0, 0.1) is 17.8 Å². The Morgan fingerprint density at radius 3 is 2.24 bits per heavy atom. The van der Waals surface area contributed by atoms with E-state index in [2.05, 4.69) is 16.0 Å². The second-order valence-electron chi connectivity index (χ2n) is 10.7. The van der Waals surface area contributed by atoms with Crippen molar-refractivity contribution >= 4 is 29.6 Å². The Hall–Kier alpha value is -3.43. The van der Waals surface area contributed by atoms with Gasteiger partial charge in [-0.1, -0.05) is 76.3 Å². The zero-order valence-corrected chi connectivity index (χ0v) is 22.2. The lowest BCUT2D eigenvalue weighted by Gasteiger charge is -2.29. The molecule has 1 aliphatic carbocycles. The van der Waals surface area contributed by atoms with Gasteiger partial charge in [0.2, 0.25) is 17.6 Å². The van der Waals surface area contributed by atoms with E-state index in [1.54, 1.807) is 0 Å². The standard InChI is InChI=1S/C28H40N4O6/c1-17(2)24(19-11-7-4-8-12-19)38-28(37)32-22(15-18-9-5-3-6-10-18)27(36)31-21(23(33)25(29)34)16-20-13-14-30-26(20)35/h4,7-8,11-12,17-18,20-22,24H,3,5-6,9-10,13-16H2,1-2H3,(H2,29,34)(H,30,35)(H,31,36)(H,32,37). The Morgan fingerprint density at radius 1 is 0.974 bits per heavy atom. The first kappa shape index (κ1) is 29.1. The van der Waals surface area contributed by atoms with Gasteiger partial charge in [-0.2, -0.15) is 0 Å². The molecule has 0 radical (unpaired) electrons. The highest BCUT2D eigenvalue weighted by atomic mass is 16.6. The molecule has 2 aliphatic rings. The Morgan fingerprint density at radius 2 is 1.66 bits per heavy atom. The number of ether oxygens (including phenoxy) is 1. The number of nitrogens with one attached hydrogen (secondary N) is 3. The van der Waals surface area contributed by atoms with Crippen LogP contribution in [0.15, 0.2) is 30.3 Å². The number of nitrogens with two attached hydrogens (primary N) is 1. The number of carbonyl (C=O) groups excluding carboxylic acids is 5. The van der Waals surface area contributed by atoms with Crippen LogP contribution in [0.2, 0.25) is 0 Å². The van der Waals surface area contributed by atoms with Crippen molar-refractivity contribution in [3.63, 3.8) is 0 Å². The summed E-state index contributed by atoms with van der Waals surface area (Å²) in [4.78, 5) is 62.8. The highest BCUT2D eigenvalue weighted by molar-refractivity contribution is 6.37. The second-order valence-corrected chi connectivity index (χ2v) is 10.7. The molecule has 1 heterocycles. The summed E-state index contributed by atoms with van der Waals surface area (Å²) < 4.78 is 5.76. The third kappa shape index (κ3) is 8.29. The number of carbonyl (C=O) groups is 5. The molecule has 38 heavy (non-hydrogen) atoms. The molecule has 1 saturated heterocycles. The fourth-order valence-corrected chi connectivity index (χ4v) is 5.34. The first-order valence-corrected chi connectivity index (χ1v) is 13.6. The lowest BCUT2D eigenvalue weighted by atomic mass is 9.84. The summed E-state index contributed by atoms with van der Waals surface area (Å²) in [5.74, 6) is -3.30. The summed E-state index contributed by atoms with van der Waals surface area (Å²) >= 11 is 0. The number of rotatable bonds is 12. The molecule has 208 valence electrons. The van der Waals surface area contributed by atoms with E-state index in [1.807, 2.05) is 44.2 Å². The molecule has 1 aromatic rings. The Bertz CT molecular complexity index is 992. The summed E-state index contributed by atoms with van der Waals surface area (Å²) in [7, 11) is 0. The van der Waals surface area contributed by atoms with E-state index in [-0.39, 0.29) is 24.2 Å². The minimum atomic E-state index is -1.26. The first-order chi connectivity index (χ1) is 18.2. The summed E-state index contributed by atoms with van der Waals surface area (Å²) in [5.41, 5.74) is 6.08. The second kappa shape index (κ2) is 13.9. The van der Waals surface area contributed by atoms with E-state index in [0.717, 1.165) is 37.7 Å². The minimum absolute atomic E-state index is 0.0103. The van der Waals surface area contributed by atoms with Crippen LogP contribution in [0.1, 0.15) is 76.9 Å². The van der Waals surface area contributed by atoms with Crippen molar-refractivity contribution in [3.8, 4) is 0 Å². The van der Waals surface area contributed by atoms with Crippen LogP contribution in [0.3, 0.4) is 0 Å². The fraction of sp³-hybridized carbons (Fsp3) is 0.607. The van der Waals surface area contributed by atoms with Gasteiger partial charge < -0.3 is 26.4 Å². The summed E-state index contributed by atoms with van der Waals surface area (Å²) in [6.07, 6.45) is 4.67. The molecule has 10 nitrogen and oxygen atoms in total. The molecule has 4 unspecified atom stereocenters. The number of primary amides is 1. The molecule has 5 N–H and O–H groups in total. The van der Waals surface area contributed by atoms with Crippen LogP contribution in [0.25, 0.3) is 0 Å². The third-order valence-corrected chi connectivity index (χ3v) is 7.43. The molecule has 2 fully saturated rings. The molecular weight excluding hydrogens is 488 g/mol. The third-order valence-electron chi connectivity index (χ3n) is 7.43. The van der Waals surface area contributed by atoms with E-state index in [4.69, 9.17) is 10.5 Å². The van der Waals surface area contributed by atoms with E-state index >= 15 is 0 Å². The zero-order valence-electron chi connectivity index (χ0n) is 22.2. The number of hydrogen-bond acceptors (Lipinski definition) is 6. The largest absolute Gasteiger partial charge is 0.441 e. The van der Waals surface area contributed by atoms with Crippen LogP contribution in [0.5, 0.6) is 0 Å². The minimum Gasteiger partial charge on any atom is -0.441 e. The number of benzene rings is 1. The van der Waals surface area contributed by atoms with Crippen LogP contribution >= 0.6 is 0 Å². The van der Waals surface area contributed by atoms with Gasteiger partial charge in [-0.05, 0) is 36.7 Å². The van der Waals surface area contributed by atoms with Crippen molar-refractivity contribution in [1.29, 1.82) is 0 Å². The molecule has 1 aromatic carbocycles. The highest BCUT2D eigenvalue weighted by Crippen LogP contribution is 2.29. The van der Waals surface area contributed by atoms with Gasteiger partial charge >= 0.3 is 6.09 Å². The number of ketones is 1. The average Bonchev–Trinajstić information content (AvgIpc) is 3.30. The van der Waals surface area contributed by atoms with Crippen LogP contribution in [-0.2, 0) is 23.9 Å². The lowest BCUT2D eigenvalue weighted by molar-refractivity contribution is -0.139. The van der Waals surface area contributed by atoms with Gasteiger partial charge in [0.05, 0.1) is 6.04 Å². The van der Waals surface area contributed by atoms with Crippen molar-refractivity contribution in [2.24, 2.45) is 23.5 Å². The fourth-order valence-electron chi connectivity index (χ4n) is 5.34. The van der Waals surface area contributed by atoms with E-state index in [9.17, 15) is 24.0 Å². The van der Waals surface area contributed by atoms with Crippen LogP contribution in [-0.4, -0.2) is 48.2 Å². The predicted molar refractivity (Wildman–Crippen MR) is 140 cm³/mol. The van der Waals surface area contributed by atoms with Gasteiger partial charge in [0, 0.05) is 12.5 Å². The molecule has 0 aromatic heterocycles. The van der Waals surface area contributed by atoms with Crippen molar-refractivity contribution < 1.29 is 28.7 Å². The van der Waals surface area contributed by atoms with Gasteiger partial charge in [0.25, 0.3) is 5.91 Å². The van der Waals surface area contributed by atoms with Crippen molar-refractivity contribution in [1.82, 2.24) is 16.0 Å². The molecule has 1 saturated carbocycles. The van der Waals surface area contributed by atoms with Crippen molar-refractivity contribution in [3.05, 3.63) is 35.9 Å². The molecule has 10 heteroatoms. The zero-order chi connectivity index (χ0) is 27.7. The number of amides is 4. The van der Waals surface area contributed by atoms with Gasteiger partial charge in [-0.25, -0.2) is 4.79 Å². The maximum absolute atomic E-state index is 13.4. The normalized spacial score (nSPS) is 20.2. The Kier molecular flexibility index (Phi) is 10.7. The highest BCUT2D eigenvalue weighted by Gasteiger charge is 2.36. The van der Waals surface area contributed by atoms with Crippen molar-refractivity contribution in [2.75, 3.05) is 6.54 Å². The molecule has 4 atom stereocenters. The molecule has 0 spiro atoms. The molecular formula is C28H40N4O6. The Labute approximate surface area is 223 Å². The molecule has 3 rings (SSSR count). The van der Waals surface area contributed by atoms with Crippen LogP contribution in [0.4, 0.5) is 4.79 Å². The van der Waals surface area contributed by atoms with Gasteiger partial charge in [-0.3, -0.25) is 19.2 Å². The van der Waals surface area contributed by atoms with E-state index < -0.39 is 47.8 Å². The van der Waals surface area contributed by atoms with Crippen LogP contribution < -0.4 is 21.7 Å². The monoisotopic (exact) mass is 528 g/mol. The van der Waals surface area contributed by atoms with E-state index in [0.29, 0.717) is 19.4 Å². The topological polar surface area (TPSA) is 157 Å². The summed E-state index contributed by atoms with van der Waals surface area (Å²) in [6, 6.07) is 7.14. The molecule has 0 bridgehead atoms. The maximum atomic E-state index is 13.4. The summed E-state index contributed by atoms with van der Waals surface area (Å²) in [5, 5.41) is 8.01. The SMILES string of the molecule is CC(C)C(OC(=O)NC(CC1CCCCC1)C(=O)NC(CC1CCNC1=O)C(=O)C(N)=O)c1ccccc1. The average molecular weight is 529 g/mol. The van der Waals surface area contributed by atoms with Gasteiger partial charge in [0.15, 0.2) is 0 Å². The van der Waals surface area contributed by atoms with Gasteiger partial charge in [-0.15, -0.1) is 0 Å². The predicted octanol–water partition coefficient (Wildman–Crippen LogP) is 2.51. The smallest absolute Gasteiger partial charge is 0.408 e. The van der Waals surface area contributed by atoms with Gasteiger partial charge in [0.1, 0.15) is 12.1 Å². The number of Topliss-reactive ketones (excluding diaryl/α,β-unsaturated/α-hetero) is 1. The Balaban J connectivity index is 1.74. The summed E-state index contributed by atoms with van der Waals surface area (Å²) in [6.45, 7) is 4.35.